The predicted molar refractivity (Wildman–Crippen MR) is 127 cm³/mol. The summed E-state index contributed by atoms with van der Waals surface area (Å²) in [4.78, 5) is 18.4. The Balaban J connectivity index is 1.44. The quantitative estimate of drug-likeness (QED) is 0.374. The Morgan fingerprint density at radius 1 is 0.941 bits per heavy atom. The van der Waals surface area contributed by atoms with E-state index in [1.165, 1.54) is 11.3 Å². The molecule has 1 amide bonds. The maximum atomic E-state index is 12.7. The van der Waals surface area contributed by atoms with Crippen LogP contribution < -0.4 is 24.3 Å². The van der Waals surface area contributed by atoms with Crippen molar-refractivity contribution in [2.75, 3.05) is 28.4 Å². The van der Waals surface area contributed by atoms with Crippen molar-refractivity contribution in [2.45, 2.75) is 6.54 Å². The molecule has 0 saturated heterocycles. The Morgan fingerprint density at radius 3 is 2.26 bits per heavy atom. The molecule has 0 unspecified atom stereocenters. The van der Waals surface area contributed by atoms with Crippen LogP contribution in [0.25, 0.3) is 22.2 Å². The van der Waals surface area contributed by atoms with Crippen LogP contribution in [0.15, 0.2) is 53.1 Å². The summed E-state index contributed by atoms with van der Waals surface area (Å²) in [6.45, 7) is 0.284. The average molecular weight is 482 g/mol. The van der Waals surface area contributed by atoms with Gasteiger partial charge in [0, 0.05) is 12.1 Å². The fraction of sp³-hybridized carbons (Fsp3) is 0.208. The highest BCUT2D eigenvalue weighted by atomic mass is 32.1. The summed E-state index contributed by atoms with van der Waals surface area (Å²) < 4.78 is 26.6. The van der Waals surface area contributed by atoms with Gasteiger partial charge in [-0.1, -0.05) is 5.16 Å². The van der Waals surface area contributed by atoms with Crippen LogP contribution in [-0.4, -0.2) is 44.5 Å². The van der Waals surface area contributed by atoms with Crippen LogP contribution >= 0.6 is 11.3 Å². The zero-order valence-electron chi connectivity index (χ0n) is 19.1. The second-order valence-corrected chi connectivity index (χ2v) is 8.12. The molecule has 0 fully saturated rings. The number of ether oxygens (including phenoxy) is 4. The van der Waals surface area contributed by atoms with Crippen LogP contribution in [0, 0.1) is 0 Å². The van der Waals surface area contributed by atoms with Crippen molar-refractivity contribution >= 4 is 17.2 Å². The summed E-state index contributed by atoms with van der Waals surface area (Å²) in [6, 6.07) is 14.4. The van der Waals surface area contributed by atoms with E-state index in [1.807, 2.05) is 24.3 Å². The third-order valence-electron chi connectivity index (χ3n) is 4.99. The smallest absolute Gasteiger partial charge is 0.261 e. The van der Waals surface area contributed by atoms with E-state index in [0.717, 1.165) is 21.8 Å². The topological polar surface area (TPSA) is 105 Å². The summed E-state index contributed by atoms with van der Waals surface area (Å²) in [6.07, 6.45) is 0. The molecule has 0 saturated carbocycles. The molecule has 0 atom stereocenters. The van der Waals surface area contributed by atoms with Gasteiger partial charge in [-0.05, 0) is 54.1 Å². The van der Waals surface area contributed by atoms with Gasteiger partial charge in [-0.3, -0.25) is 4.79 Å². The van der Waals surface area contributed by atoms with Crippen LogP contribution in [-0.2, 0) is 6.54 Å². The number of thiophene rings is 1. The molecule has 0 aliphatic heterocycles. The van der Waals surface area contributed by atoms with Crippen LogP contribution in [0.1, 0.15) is 15.2 Å². The minimum Gasteiger partial charge on any atom is -0.497 e. The molecule has 10 heteroatoms. The monoisotopic (exact) mass is 481 g/mol. The summed E-state index contributed by atoms with van der Waals surface area (Å²) in [5, 5.41) is 6.95. The van der Waals surface area contributed by atoms with Gasteiger partial charge in [-0.15, -0.1) is 11.3 Å². The lowest BCUT2D eigenvalue weighted by Crippen LogP contribution is -2.21. The lowest BCUT2D eigenvalue weighted by atomic mass is 10.1. The standard InChI is InChI=1S/C24H23N3O6S/c1-29-16-7-5-15(6-8-16)24-26-22(27-33-24)19-9-10-20(34-19)23(28)25-13-14-11-17(30-2)21(32-4)18(12-14)31-3/h5-12H,13H2,1-4H3,(H,25,28). The Morgan fingerprint density at radius 2 is 1.65 bits per heavy atom. The predicted octanol–water partition coefficient (Wildman–Crippen LogP) is 4.43. The van der Waals surface area contributed by atoms with E-state index in [4.69, 9.17) is 23.5 Å². The first-order valence-corrected chi connectivity index (χ1v) is 11.0. The van der Waals surface area contributed by atoms with Crippen molar-refractivity contribution in [2.24, 2.45) is 0 Å². The third-order valence-corrected chi connectivity index (χ3v) is 6.07. The first-order valence-electron chi connectivity index (χ1n) is 10.2. The number of benzene rings is 2. The minimum atomic E-state index is -0.219. The molecule has 0 radical (unpaired) electrons. The van der Waals surface area contributed by atoms with Gasteiger partial charge in [0.1, 0.15) is 5.75 Å². The van der Waals surface area contributed by atoms with E-state index in [-0.39, 0.29) is 12.5 Å². The Hall–Kier alpha value is -4.05. The maximum absolute atomic E-state index is 12.7. The number of amides is 1. The minimum absolute atomic E-state index is 0.219. The largest absolute Gasteiger partial charge is 0.497 e. The summed E-state index contributed by atoms with van der Waals surface area (Å²) in [5.74, 6) is 2.87. The van der Waals surface area contributed by atoms with Crippen LogP contribution in [0.2, 0.25) is 0 Å². The molecule has 176 valence electrons. The lowest BCUT2D eigenvalue weighted by Gasteiger charge is -2.14. The van der Waals surface area contributed by atoms with Crippen molar-refractivity contribution < 1.29 is 28.3 Å². The van der Waals surface area contributed by atoms with Crippen LogP contribution in [0.5, 0.6) is 23.0 Å². The second kappa shape index (κ2) is 10.3. The highest BCUT2D eigenvalue weighted by Gasteiger charge is 2.17. The molecule has 2 heterocycles. The summed E-state index contributed by atoms with van der Waals surface area (Å²) in [5.41, 5.74) is 1.58. The first-order chi connectivity index (χ1) is 16.6. The molecule has 1 N–H and O–H groups in total. The Kier molecular flexibility index (Phi) is 6.98. The number of hydrogen-bond acceptors (Lipinski definition) is 9. The van der Waals surface area contributed by atoms with E-state index in [9.17, 15) is 4.79 Å². The molecule has 4 rings (SSSR count). The average Bonchev–Trinajstić information content (AvgIpc) is 3.57. The van der Waals surface area contributed by atoms with Crippen molar-refractivity contribution in [3.8, 4) is 45.2 Å². The van der Waals surface area contributed by atoms with Gasteiger partial charge < -0.3 is 28.8 Å². The number of carbonyl (C=O) groups excluding carboxylic acids is 1. The number of carbonyl (C=O) groups is 1. The fourth-order valence-electron chi connectivity index (χ4n) is 3.26. The SMILES string of the molecule is COc1ccc(-c2nc(-c3ccc(C(=O)NCc4cc(OC)c(OC)c(OC)c4)s3)no2)cc1. The number of methoxy groups -OCH3 is 4. The maximum Gasteiger partial charge on any atom is 0.261 e. The van der Waals surface area contributed by atoms with E-state index >= 15 is 0 Å². The van der Waals surface area contributed by atoms with E-state index in [0.29, 0.717) is 33.8 Å². The lowest BCUT2D eigenvalue weighted by molar-refractivity contribution is 0.0955. The number of nitrogens with zero attached hydrogens (tertiary/aromatic N) is 2. The van der Waals surface area contributed by atoms with Gasteiger partial charge in [0.15, 0.2) is 11.5 Å². The molecule has 2 aromatic heterocycles. The molecule has 34 heavy (non-hydrogen) atoms. The van der Waals surface area contributed by atoms with E-state index in [1.54, 1.807) is 52.7 Å². The van der Waals surface area contributed by atoms with Crippen molar-refractivity contribution in [1.82, 2.24) is 15.5 Å². The van der Waals surface area contributed by atoms with Gasteiger partial charge >= 0.3 is 0 Å². The summed E-state index contributed by atoms with van der Waals surface area (Å²) >= 11 is 1.28. The zero-order chi connectivity index (χ0) is 24.1. The van der Waals surface area contributed by atoms with E-state index in [2.05, 4.69) is 15.5 Å². The number of nitrogens with one attached hydrogen (secondary N) is 1. The molecule has 9 nitrogen and oxygen atoms in total. The van der Waals surface area contributed by atoms with Crippen LogP contribution in [0.4, 0.5) is 0 Å². The molecule has 4 aromatic rings. The van der Waals surface area contributed by atoms with Crippen molar-refractivity contribution in [3.63, 3.8) is 0 Å². The third kappa shape index (κ3) is 4.81. The van der Waals surface area contributed by atoms with Crippen molar-refractivity contribution in [1.29, 1.82) is 0 Å². The second-order valence-electron chi connectivity index (χ2n) is 7.03. The van der Waals surface area contributed by atoms with Crippen LogP contribution in [0.3, 0.4) is 0 Å². The zero-order valence-corrected chi connectivity index (χ0v) is 19.9. The van der Waals surface area contributed by atoms with Gasteiger partial charge in [0.05, 0.1) is 38.2 Å². The molecule has 0 bridgehead atoms. The van der Waals surface area contributed by atoms with Gasteiger partial charge in [0.2, 0.25) is 11.6 Å². The van der Waals surface area contributed by atoms with Gasteiger partial charge in [0.25, 0.3) is 11.8 Å². The number of aromatic nitrogens is 2. The van der Waals surface area contributed by atoms with Gasteiger partial charge in [-0.25, -0.2) is 0 Å². The molecular weight excluding hydrogens is 458 g/mol. The first kappa shape index (κ1) is 23.1. The fourth-order valence-corrected chi connectivity index (χ4v) is 4.11. The molecule has 0 aliphatic rings. The van der Waals surface area contributed by atoms with Crippen molar-refractivity contribution in [3.05, 3.63) is 59.0 Å². The molecule has 2 aromatic carbocycles. The van der Waals surface area contributed by atoms with E-state index < -0.39 is 0 Å². The number of hydrogen-bond donors (Lipinski definition) is 1. The molecule has 0 spiro atoms. The highest BCUT2D eigenvalue weighted by Crippen LogP contribution is 2.38. The van der Waals surface area contributed by atoms with Gasteiger partial charge in [-0.2, -0.15) is 4.98 Å². The normalized spacial score (nSPS) is 10.6. The summed E-state index contributed by atoms with van der Waals surface area (Å²) in [7, 11) is 6.24. The highest BCUT2D eigenvalue weighted by molar-refractivity contribution is 7.17. The molecular formula is C24H23N3O6S. The molecule has 0 aliphatic carbocycles. The Bertz CT molecular complexity index is 1260. The number of rotatable bonds is 9. The Labute approximate surface area is 200 Å².